The number of carbonyl (C=O) groups excluding carboxylic acids is 2. The van der Waals surface area contributed by atoms with E-state index < -0.39 is 11.1 Å². The summed E-state index contributed by atoms with van der Waals surface area (Å²) in [6.45, 7) is 10.0. The van der Waals surface area contributed by atoms with Crippen LogP contribution in [0.4, 0.5) is 11.6 Å². The molecular formula is C29H36N6O4. The van der Waals surface area contributed by atoms with Crippen molar-refractivity contribution >= 4 is 34.3 Å². The number of nitrogens with zero attached hydrogens (tertiary/aromatic N) is 4. The Labute approximate surface area is 228 Å². The first-order chi connectivity index (χ1) is 18.3. The Balaban J connectivity index is 1.43. The van der Waals surface area contributed by atoms with E-state index >= 15 is 0 Å². The molecule has 0 spiro atoms. The van der Waals surface area contributed by atoms with Crippen LogP contribution in [0.2, 0.25) is 0 Å². The molecule has 1 unspecified atom stereocenters. The van der Waals surface area contributed by atoms with Crippen molar-refractivity contribution in [2.75, 3.05) is 26.0 Å². The maximum absolute atomic E-state index is 12.5. The molecule has 1 saturated carbocycles. The van der Waals surface area contributed by atoms with E-state index in [9.17, 15) is 9.59 Å². The Kier molecular flexibility index (Phi) is 6.49. The lowest BCUT2D eigenvalue weighted by molar-refractivity contribution is -0.130. The molecule has 3 aromatic heterocycles. The summed E-state index contributed by atoms with van der Waals surface area (Å²) < 4.78 is 11.7. The molecule has 5 rings (SSSR count). The summed E-state index contributed by atoms with van der Waals surface area (Å²) in [5.41, 5.74) is 7.20. The van der Waals surface area contributed by atoms with Crippen molar-refractivity contribution in [3.8, 4) is 5.88 Å². The summed E-state index contributed by atoms with van der Waals surface area (Å²) in [5.74, 6) is 1.47. The molecule has 2 aliphatic rings. The molecule has 0 aromatic carbocycles. The zero-order valence-electron chi connectivity index (χ0n) is 23.5. The topological polar surface area (TPSA) is 133 Å². The highest BCUT2D eigenvalue weighted by Gasteiger charge is 2.44. The van der Waals surface area contributed by atoms with Gasteiger partial charge in [-0.25, -0.2) is 19.7 Å². The molecule has 3 N–H and O–H groups in total. The van der Waals surface area contributed by atoms with Gasteiger partial charge in [0.2, 0.25) is 11.8 Å². The minimum absolute atomic E-state index is 0.00158. The number of ether oxygens (including phenoxy) is 2. The largest absolute Gasteiger partial charge is 0.477 e. The predicted octanol–water partition coefficient (Wildman–Crippen LogP) is 4.12. The number of cyclic esters (lactones) is 1. The van der Waals surface area contributed by atoms with Crippen LogP contribution < -0.4 is 15.8 Å². The maximum Gasteiger partial charge on any atom is 0.340 e. The van der Waals surface area contributed by atoms with E-state index in [4.69, 9.17) is 20.2 Å². The molecule has 39 heavy (non-hydrogen) atoms. The summed E-state index contributed by atoms with van der Waals surface area (Å²) in [6.07, 6.45) is 4.27. The SMILES string of the molecule is C[C@@H]1c2nc(Nc3cc4c(C(C)(C)N)cnc(OCC5C[C@@H]5C(=O)N(C)C)c4cn3)ccc2C(=O)OC1(C)C. The van der Waals surface area contributed by atoms with Gasteiger partial charge in [-0.15, -0.1) is 0 Å². The van der Waals surface area contributed by atoms with E-state index in [0.717, 1.165) is 22.8 Å². The van der Waals surface area contributed by atoms with Crippen LogP contribution in [0.25, 0.3) is 10.8 Å². The van der Waals surface area contributed by atoms with Gasteiger partial charge in [0.05, 0.1) is 23.3 Å². The lowest BCUT2D eigenvalue weighted by Gasteiger charge is -2.36. The quantitative estimate of drug-likeness (QED) is 0.431. The summed E-state index contributed by atoms with van der Waals surface area (Å²) in [7, 11) is 3.54. The van der Waals surface area contributed by atoms with Crippen LogP contribution in [-0.4, -0.2) is 58.0 Å². The van der Waals surface area contributed by atoms with Crippen molar-refractivity contribution < 1.29 is 19.1 Å². The van der Waals surface area contributed by atoms with Crippen LogP contribution in [0.5, 0.6) is 5.88 Å². The van der Waals surface area contributed by atoms with Crippen LogP contribution in [-0.2, 0) is 15.1 Å². The lowest BCUT2D eigenvalue weighted by atomic mass is 9.84. The molecule has 0 radical (unpaired) electrons. The Hall–Kier alpha value is -3.79. The van der Waals surface area contributed by atoms with Gasteiger partial charge in [0.25, 0.3) is 0 Å². The van der Waals surface area contributed by atoms with E-state index in [-0.39, 0.29) is 29.6 Å². The number of carbonyl (C=O) groups is 2. The molecule has 206 valence electrons. The number of fused-ring (bicyclic) bond motifs is 2. The molecule has 1 fully saturated rings. The number of nitrogens with two attached hydrogens (primary N) is 1. The second-order valence-corrected chi connectivity index (χ2v) is 11.9. The molecule has 1 aliphatic heterocycles. The number of aromatic nitrogens is 3. The van der Waals surface area contributed by atoms with Gasteiger partial charge in [-0.1, -0.05) is 6.92 Å². The number of anilines is 2. The number of hydrogen-bond donors (Lipinski definition) is 2. The summed E-state index contributed by atoms with van der Waals surface area (Å²) in [6, 6.07) is 5.38. The van der Waals surface area contributed by atoms with Crippen LogP contribution in [0.3, 0.4) is 0 Å². The monoisotopic (exact) mass is 532 g/mol. The van der Waals surface area contributed by atoms with Crippen molar-refractivity contribution in [1.29, 1.82) is 0 Å². The summed E-state index contributed by atoms with van der Waals surface area (Å²) in [4.78, 5) is 40.2. The standard InChI is InChI=1S/C29H36N6O4/c1-15-24-17(27(37)39-29(15,4)5)8-9-22(34-24)33-23-11-19-20(12-31-23)25(32-13-21(19)28(2,3)30)38-14-16-10-18(16)26(36)35(6)7/h8-9,11-13,15-16,18H,10,14,30H2,1-7H3,(H,31,33,34)/t15-,16?,18+/m1/s1. The van der Waals surface area contributed by atoms with Gasteiger partial charge in [0, 0.05) is 49.8 Å². The maximum atomic E-state index is 12.5. The molecule has 3 atom stereocenters. The molecule has 1 aliphatic carbocycles. The Bertz CT molecular complexity index is 1460. The predicted molar refractivity (Wildman–Crippen MR) is 148 cm³/mol. The number of pyridine rings is 3. The van der Waals surface area contributed by atoms with Crippen LogP contribution in [0, 0.1) is 11.8 Å². The number of nitrogens with one attached hydrogen (secondary N) is 1. The first kappa shape index (κ1) is 26.8. The van der Waals surface area contributed by atoms with Crippen molar-refractivity contribution in [3.63, 3.8) is 0 Å². The van der Waals surface area contributed by atoms with Crippen LogP contribution >= 0.6 is 0 Å². The molecule has 0 bridgehead atoms. The highest BCUT2D eigenvalue weighted by atomic mass is 16.6. The first-order valence-corrected chi connectivity index (χ1v) is 13.2. The van der Waals surface area contributed by atoms with Gasteiger partial charge in [-0.2, -0.15) is 0 Å². The minimum Gasteiger partial charge on any atom is -0.477 e. The van der Waals surface area contributed by atoms with E-state index in [0.29, 0.717) is 35.4 Å². The number of amides is 1. The van der Waals surface area contributed by atoms with Crippen LogP contribution in [0.15, 0.2) is 30.6 Å². The third-order valence-electron chi connectivity index (χ3n) is 7.75. The van der Waals surface area contributed by atoms with Crippen molar-refractivity contribution in [1.82, 2.24) is 19.9 Å². The average Bonchev–Trinajstić information content (AvgIpc) is 3.63. The Morgan fingerprint density at radius 1 is 1.21 bits per heavy atom. The molecule has 10 nitrogen and oxygen atoms in total. The second-order valence-electron chi connectivity index (χ2n) is 11.9. The van der Waals surface area contributed by atoms with Gasteiger partial charge in [-0.05, 0) is 63.3 Å². The van der Waals surface area contributed by atoms with E-state index in [2.05, 4.69) is 15.3 Å². The molecule has 3 aromatic rings. The van der Waals surface area contributed by atoms with Gasteiger partial charge < -0.3 is 25.4 Å². The highest BCUT2D eigenvalue weighted by molar-refractivity contribution is 5.93. The summed E-state index contributed by atoms with van der Waals surface area (Å²) >= 11 is 0. The van der Waals surface area contributed by atoms with Crippen molar-refractivity contribution in [2.24, 2.45) is 17.6 Å². The smallest absolute Gasteiger partial charge is 0.340 e. The minimum atomic E-state index is -0.659. The highest BCUT2D eigenvalue weighted by Crippen LogP contribution is 2.41. The molecule has 10 heteroatoms. The number of hydrogen-bond acceptors (Lipinski definition) is 9. The first-order valence-electron chi connectivity index (χ1n) is 13.2. The van der Waals surface area contributed by atoms with Gasteiger partial charge >= 0.3 is 5.97 Å². The molecule has 1 amide bonds. The third-order valence-corrected chi connectivity index (χ3v) is 7.75. The number of rotatable bonds is 7. The van der Waals surface area contributed by atoms with Gasteiger partial charge in [-0.3, -0.25) is 4.79 Å². The summed E-state index contributed by atoms with van der Waals surface area (Å²) in [5, 5.41) is 4.88. The second kappa shape index (κ2) is 9.44. The fourth-order valence-electron chi connectivity index (χ4n) is 4.95. The van der Waals surface area contributed by atoms with E-state index in [1.165, 1.54) is 0 Å². The van der Waals surface area contributed by atoms with Crippen molar-refractivity contribution in [2.45, 2.75) is 58.1 Å². The lowest BCUT2D eigenvalue weighted by Crippen LogP contribution is -2.39. The van der Waals surface area contributed by atoms with E-state index in [1.54, 1.807) is 43.5 Å². The molecule has 4 heterocycles. The zero-order chi connectivity index (χ0) is 28.3. The average molecular weight is 533 g/mol. The van der Waals surface area contributed by atoms with Crippen LogP contribution in [0.1, 0.15) is 68.6 Å². The Morgan fingerprint density at radius 3 is 2.64 bits per heavy atom. The molecule has 0 saturated heterocycles. The third kappa shape index (κ3) is 5.13. The Morgan fingerprint density at radius 2 is 1.95 bits per heavy atom. The fourth-order valence-corrected chi connectivity index (χ4v) is 4.95. The van der Waals surface area contributed by atoms with Gasteiger partial charge in [0.1, 0.15) is 17.2 Å². The number of esters is 1. The van der Waals surface area contributed by atoms with Gasteiger partial charge in [0.15, 0.2) is 0 Å². The molecular weight excluding hydrogens is 496 g/mol. The van der Waals surface area contributed by atoms with E-state index in [1.807, 2.05) is 40.7 Å². The fraction of sp³-hybridized carbons (Fsp3) is 0.483. The zero-order valence-corrected chi connectivity index (χ0v) is 23.5. The normalized spacial score (nSPS) is 21.6. The van der Waals surface area contributed by atoms with Crippen molar-refractivity contribution in [3.05, 3.63) is 47.4 Å².